The van der Waals surface area contributed by atoms with Gasteiger partial charge in [-0.1, -0.05) is 141 Å². The highest BCUT2D eigenvalue weighted by molar-refractivity contribution is 7.80. The molecule has 0 unspecified atom stereocenters. The van der Waals surface area contributed by atoms with Crippen molar-refractivity contribution in [3.8, 4) is 0 Å². The molecule has 0 aliphatic carbocycles. The number of isothiocyanates is 1. The molecule has 1 aromatic heterocycles. The van der Waals surface area contributed by atoms with Gasteiger partial charge in [-0.15, -0.1) is 0 Å². The molecule has 18 heteroatoms. The van der Waals surface area contributed by atoms with E-state index in [1.54, 1.807) is 0 Å². The first kappa shape index (κ1) is 53.7. The summed E-state index contributed by atoms with van der Waals surface area (Å²) in [5.41, 5.74) is 2.66. The molecule has 0 fully saturated rings. The molecule has 3 aromatic carbocycles. The summed E-state index contributed by atoms with van der Waals surface area (Å²) < 4.78 is 83.0. The number of aromatic nitrogens is 2. The second-order valence-electron chi connectivity index (χ2n) is 11.6. The van der Waals surface area contributed by atoms with E-state index in [2.05, 4.69) is 69.9 Å². The number of aliphatic imine (C=N–C) groups is 1. The fraction of sp³-hybridized carbons (Fsp3) is 0.474. The summed E-state index contributed by atoms with van der Waals surface area (Å²) in [6.07, 6.45) is 3.83. The summed E-state index contributed by atoms with van der Waals surface area (Å²) >= 11 is 28.1. The summed E-state index contributed by atoms with van der Waals surface area (Å²) in [6, 6.07) is 20.6. The van der Waals surface area contributed by atoms with Crippen molar-refractivity contribution in [1.29, 1.82) is 0 Å². The van der Waals surface area contributed by atoms with Crippen molar-refractivity contribution in [2.24, 2.45) is 19.1 Å². The largest absolute Gasteiger partial charge is 0.726 e. The quantitative estimate of drug-likeness (QED) is 0.0161. The summed E-state index contributed by atoms with van der Waals surface area (Å²) in [5.74, 6) is -0.912. The van der Waals surface area contributed by atoms with E-state index in [0.29, 0.717) is 6.61 Å². The van der Waals surface area contributed by atoms with Gasteiger partial charge in [0, 0.05) is 19.8 Å². The number of fused-ring (bicyclic) bond motifs is 1. The van der Waals surface area contributed by atoms with Gasteiger partial charge in [-0.2, -0.15) is 13.2 Å². The lowest BCUT2D eigenvalue weighted by Gasteiger charge is -2.03. The lowest BCUT2D eigenvalue weighted by Crippen LogP contribution is -2.38. The number of thiocarbonyl (C=S) groups is 1. The molecule has 0 saturated carbocycles. The molecule has 0 amide bonds. The van der Waals surface area contributed by atoms with Gasteiger partial charge >= 0.3 is 12.0 Å². The summed E-state index contributed by atoms with van der Waals surface area (Å²) in [5, 5.41) is 2.08. The lowest BCUT2D eigenvalue weighted by atomic mass is 10.2. The van der Waals surface area contributed by atoms with E-state index in [9.17, 15) is 26.1 Å². The minimum atomic E-state index is -4.56. The highest BCUT2D eigenvalue weighted by Gasteiger charge is 2.46. The number of hydrogen-bond donors (Lipinski definition) is 0. The van der Waals surface area contributed by atoms with Gasteiger partial charge in [-0.05, 0) is 49.0 Å². The van der Waals surface area contributed by atoms with E-state index < -0.39 is 22.4 Å². The smallest absolute Gasteiger partial charge is 0.495 e. The van der Waals surface area contributed by atoms with Crippen molar-refractivity contribution < 1.29 is 44.4 Å². The molecule has 314 valence electrons. The van der Waals surface area contributed by atoms with Crippen molar-refractivity contribution in [2.75, 3.05) is 26.9 Å². The third-order valence-corrected chi connectivity index (χ3v) is 9.79. The van der Waals surface area contributed by atoms with Crippen molar-refractivity contribution in [1.82, 2.24) is 4.57 Å². The third-order valence-electron chi connectivity index (χ3n) is 7.47. The molecule has 0 spiro atoms. The Hall–Kier alpha value is -2.33. The number of unbranched alkanes of at least 4 members (excludes halogenated alkanes) is 5. The van der Waals surface area contributed by atoms with Crippen LogP contribution in [0, 0.1) is 0 Å². The molecule has 9 nitrogen and oxygen atoms in total. The van der Waals surface area contributed by atoms with Crippen molar-refractivity contribution in [3.63, 3.8) is 0 Å². The van der Waals surface area contributed by atoms with Crippen LogP contribution in [0.15, 0.2) is 65.7 Å². The molecule has 0 atom stereocenters. The second-order valence-corrected chi connectivity index (χ2v) is 14.5. The van der Waals surface area contributed by atoms with E-state index in [1.165, 1.54) is 50.9 Å². The predicted octanol–water partition coefficient (Wildman–Crippen LogP) is 11.6. The van der Waals surface area contributed by atoms with Gasteiger partial charge in [0.25, 0.3) is 0 Å². The minimum absolute atomic E-state index is 0. The van der Waals surface area contributed by atoms with Crippen LogP contribution in [0.25, 0.3) is 11.0 Å². The van der Waals surface area contributed by atoms with Gasteiger partial charge in [0.2, 0.25) is 10.4 Å². The van der Waals surface area contributed by atoms with Gasteiger partial charge in [0.05, 0.1) is 49.6 Å². The van der Waals surface area contributed by atoms with E-state index >= 15 is 0 Å². The topological polar surface area (TPSA) is 106 Å². The molecule has 4 aromatic rings. The van der Waals surface area contributed by atoms with Crippen molar-refractivity contribution in [3.05, 3.63) is 97.7 Å². The number of ether oxygens (including phenoxy) is 2. The number of nitrogens with zero attached hydrogens (tertiary/aromatic N) is 3. The molecular formula is C38H50Cl4F3N3O6S2. The zero-order valence-corrected chi connectivity index (χ0v) is 35.7. The molecule has 0 radical (unpaired) electrons. The highest BCUT2D eigenvalue weighted by Crippen LogP contribution is 2.43. The number of imidazole rings is 1. The van der Waals surface area contributed by atoms with E-state index in [1.807, 2.05) is 24.3 Å². The summed E-state index contributed by atoms with van der Waals surface area (Å²) in [4.78, 5) is 3.86. The Morgan fingerprint density at radius 3 is 1.68 bits per heavy atom. The number of hydrogen-bond acceptors (Lipinski definition) is 8. The summed E-state index contributed by atoms with van der Waals surface area (Å²) in [7, 11) is -1.14. The van der Waals surface area contributed by atoms with E-state index in [-0.39, 0.29) is 38.6 Å². The van der Waals surface area contributed by atoms with Crippen LogP contribution in [-0.2, 0) is 57.5 Å². The molecule has 4 rings (SSSR count). The van der Waals surface area contributed by atoms with E-state index in [4.69, 9.17) is 55.9 Å². The molecule has 1 heterocycles. The van der Waals surface area contributed by atoms with Gasteiger partial charge in [-0.25, -0.2) is 22.5 Å². The van der Waals surface area contributed by atoms with Gasteiger partial charge in [-0.3, -0.25) is 4.18 Å². The molecule has 0 N–H and O–H groups in total. The molecular weight excluding hydrogens is 857 g/mol. The maximum atomic E-state index is 13.0. The number of aryl methyl sites for hydroxylation is 2. The maximum absolute atomic E-state index is 13.0. The Morgan fingerprint density at radius 1 is 0.821 bits per heavy atom. The van der Waals surface area contributed by atoms with Crippen LogP contribution in [0.5, 0.6) is 0 Å². The number of alkyl halides is 3. The molecule has 0 bridgehead atoms. The van der Waals surface area contributed by atoms with Crippen LogP contribution in [0.3, 0.4) is 0 Å². The van der Waals surface area contributed by atoms with Crippen LogP contribution in [0.4, 0.5) is 13.2 Å². The van der Waals surface area contributed by atoms with Crippen LogP contribution in [0.1, 0.15) is 76.2 Å². The Labute approximate surface area is 354 Å². The average Bonchev–Trinajstić information content (AvgIpc) is 3.43. The fourth-order valence-electron chi connectivity index (χ4n) is 4.81. The Kier molecular flexibility index (Phi) is 27.8. The Bertz CT molecular complexity index is 1820. The van der Waals surface area contributed by atoms with Gasteiger partial charge < -0.3 is 14.0 Å². The number of benzene rings is 3. The number of rotatable bonds is 16. The highest BCUT2D eigenvalue weighted by atomic mass is 35.5. The molecule has 56 heavy (non-hydrogen) atoms. The third kappa shape index (κ3) is 20.4. The Balaban J connectivity index is 0.000000756. The molecule has 0 saturated heterocycles. The number of halogens is 7. The van der Waals surface area contributed by atoms with Crippen LogP contribution in [0.2, 0.25) is 20.1 Å². The second kappa shape index (κ2) is 29.0. The standard InChI is InChI=1S/C13H17NOS.C13H20O.C10H6Cl4F3N2.CH4O4S.CH4/c16-12-14-9-5-2-6-10-15-11-13-7-3-1-4-8-13;1-2-3-4-8-11-14-12-13-9-6-5-7-10-13;1-18-7-5(13)3(11)4(12)6(14)8(7)19(2)9(18)10(15,16)17;1-5-6(2,3)4;/h1,3-4,7-8H,2,5-6,9-11H2;5-7,9-10H,2-4,8,11-12H2,1H3;1-2H3;1H3,(H,2,3,4);1H4/q;;+1;;/p-1. The van der Waals surface area contributed by atoms with E-state index in [0.717, 1.165) is 61.9 Å². The van der Waals surface area contributed by atoms with Crippen molar-refractivity contribution >= 4 is 85.2 Å². The first-order chi connectivity index (χ1) is 26.0. The lowest BCUT2D eigenvalue weighted by molar-refractivity contribution is -0.667. The van der Waals surface area contributed by atoms with Crippen molar-refractivity contribution in [2.45, 2.75) is 78.7 Å². The zero-order chi connectivity index (χ0) is 41.4. The minimum Gasteiger partial charge on any atom is -0.726 e. The van der Waals surface area contributed by atoms with Gasteiger partial charge in [0.15, 0.2) is 11.0 Å². The van der Waals surface area contributed by atoms with Crippen LogP contribution >= 0.6 is 58.6 Å². The average molecular weight is 908 g/mol. The summed E-state index contributed by atoms with van der Waals surface area (Å²) in [6.45, 7) is 6.20. The monoisotopic (exact) mass is 905 g/mol. The van der Waals surface area contributed by atoms with Crippen LogP contribution in [-0.4, -0.2) is 49.6 Å². The maximum Gasteiger partial charge on any atom is 0.495 e. The molecule has 0 aliphatic rings. The Morgan fingerprint density at radius 2 is 1.27 bits per heavy atom. The van der Waals surface area contributed by atoms with Gasteiger partial charge in [0.1, 0.15) is 10.0 Å². The molecule has 0 aliphatic heterocycles. The van der Waals surface area contributed by atoms with Crippen LogP contribution < -0.4 is 4.57 Å². The first-order valence-electron chi connectivity index (χ1n) is 17.1. The SMILES string of the molecule is C.CCCCCCOCc1ccccc1.COS(=O)(=O)[O-].Cn1c(C(F)(F)F)[n+](C)c2c(Cl)c(Cl)c(Cl)c(Cl)c21.S=C=NCCCCCOCc1ccccc1. The first-order valence-corrected chi connectivity index (χ1v) is 20.3. The zero-order valence-electron chi connectivity index (χ0n) is 31.0. The fourth-order valence-corrected chi connectivity index (χ4v) is 5.99. The normalized spacial score (nSPS) is 10.9. The predicted molar refractivity (Wildman–Crippen MR) is 223 cm³/mol.